The van der Waals surface area contributed by atoms with E-state index in [9.17, 15) is 4.79 Å². The molecule has 0 radical (unpaired) electrons. The molecule has 6 nitrogen and oxygen atoms in total. The molecule has 0 aliphatic heterocycles. The molecule has 0 bridgehead atoms. The monoisotopic (exact) mass is 106 g/mol. The van der Waals surface area contributed by atoms with Crippen molar-refractivity contribution in [3.63, 3.8) is 0 Å². The zero-order valence-corrected chi connectivity index (χ0v) is 3.55. The quantitative estimate of drug-likeness (QED) is 0.308. The third kappa shape index (κ3) is 11.6. The van der Waals surface area contributed by atoms with E-state index in [0.29, 0.717) is 0 Å². The number of amides is 2. The summed E-state index contributed by atoms with van der Waals surface area (Å²) in [4.78, 5) is 18.4. The van der Waals surface area contributed by atoms with E-state index in [1.165, 1.54) is 5.43 Å². The van der Waals surface area contributed by atoms with Crippen LogP contribution in [0.4, 0.5) is 4.79 Å². The summed E-state index contributed by atoms with van der Waals surface area (Å²) in [6, 6.07) is -0.940. The lowest BCUT2D eigenvalue weighted by atomic mass is 11.2. The van der Waals surface area contributed by atoms with E-state index in [-0.39, 0.29) is 6.15 Å². The fourth-order valence-electron chi connectivity index (χ4n) is 0.0450. The van der Waals surface area contributed by atoms with E-state index < -0.39 is 6.03 Å². The minimum Gasteiger partial charge on any atom is -0.350 e. The molecular weight excluding hydrogens is 100 g/mol. The normalized spacial score (nSPS) is 5.71. The van der Waals surface area contributed by atoms with Gasteiger partial charge >= 0.3 is 6.03 Å². The maximum atomic E-state index is 9.42. The predicted octanol–water partition coefficient (Wildman–Crippen LogP) is -0.502. The second-order valence-electron chi connectivity index (χ2n) is 0.567. The van der Waals surface area contributed by atoms with Gasteiger partial charge in [-0.2, -0.15) is 5.43 Å². The average molecular weight is 106 g/mol. The Balaban J connectivity index is 0. The number of carbonyl (C=O) groups is 1. The average Bonchev–Trinajstić information content (AvgIpc) is 1.35. The van der Waals surface area contributed by atoms with Crippen LogP contribution >= 0.6 is 0 Å². The number of hydrogen-bond acceptors (Lipinski definition) is 4. The Hall–Kier alpha value is -1.17. The lowest BCUT2D eigenvalue weighted by Gasteiger charge is -1.77. The number of urea groups is 1. The molecule has 0 fully saturated rings. The smallest absolute Gasteiger partial charge is 0.335 e. The van der Waals surface area contributed by atoms with Crippen molar-refractivity contribution in [2.45, 2.75) is 0 Å². The van der Waals surface area contributed by atoms with Gasteiger partial charge in [-0.25, -0.2) is 4.79 Å². The van der Waals surface area contributed by atoms with E-state index in [0.717, 1.165) is 0 Å². The number of nitrogens with zero attached hydrogens (tertiary/aromatic N) is 1. The molecule has 7 heavy (non-hydrogen) atoms. The number of nitrogens with one attached hydrogen (secondary N) is 1. The third-order valence-corrected chi connectivity index (χ3v) is 0.156. The predicted molar refractivity (Wildman–Crippen MR) is 23.5 cm³/mol. The van der Waals surface area contributed by atoms with Crippen molar-refractivity contribution in [2.24, 2.45) is 11.0 Å². The van der Waals surface area contributed by atoms with Crippen molar-refractivity contribution >= 4 is 6.03 Å². The Kier molecular flexibility index (Phi) is 6.40. The molecule has 0 saturated carbocycles. The molecule has 2 amide bonds. The van der Waals surface area contributed by atoms with Gasteiger partial charge in [-0.15, -0.1) is 4.91 Å². The van der Waals surface area contributed by atoms with E-state index in [1.54, 1.807) is 0 Å². The molecule has 6 N–H and O–H groups in total. The Morgan fingerprint density at radius 3 is 2.14 bits per heavy atom. The van der Waals surface area contributed by atoms with Gasteiger partial charge in [0.25, 0.3) is 0 Å². The highest BCUT2D eigenvalue weighted by Gasteiger charge is 1.80. The highest BCUT2D eigenvalue weighted by atomic mass is 16.3. The van der Waals surface area contributed by atoms with Gasteiger partial charge in [0.05, 0.1) is 5.29 Å². The first kappa shape index (κ1) is 9.27. The Labute approximate surface area is 39.6 Å². The zero-order valence-electron chi connectivity index (χ0n) is 3.55. The Bertz CT molecular complexity index is 70.1. The van der Waals surface area contributed by atoms with Crippen molar-refractivity contribution in [1.82, 2.24) is 11.6 Å². The van der Waals surface area contributed by atoms with Crippen LogP contribution in [0.25, 0.3) is 0 Å². The summed E-state index contributed by atoms with van der Waals surface area (Å²) in [6.45, 7) is 0. The maximum Gasteiger partial charge on any atom is 0.335 e. The molecule has 0 atom stereocenters. The van der Waals surface area contributed by atoms with Crippen molar-refractivity contribution < 1.29 is 4.79 Å². The van der Waals surface area contributed by atoms with Gasteiger partial charge < -0.3 is 11.9 Å². The first-order valence-corrected chi connectivity index (χ1v) is 1.15. The van der Waals surface area contributed by atoms with Crippen molar-refractivity contribution in [3.8, 4) is 0 Å². The summed E-state index contributed by atoms with van der Waals surface area (Å²) in [7, 11) is 0. The van der Waals surface area contributed by atoms with E-state index >= 15 is 0 Å². The molecule has 0 rings (SSSR count). The highest BCUT2D eigenvalue weighted by Crippen LogP contribution is 1.49. The number of hydrogen-bond donors (Lipinski definition) is 3. The van der Waals surface area contributed by atoms with E-state index in [4.69, 9.17) is 4.91 Å². The summed E-state index contributed by atoms with van der Waals surface area (Å²) >= 11 is 0. The molecule has 0 aromatic carbocycles. The second kappa shape index (κ2) is 4.83. The van der Waals surface area contributed by atoms with E-state index in [2.05, 4.69) is 5.73 Å². The fraction of sp³-hybridized carbons (Fsp3) is 0. The summed E-state index contributed by atoms with van der Waals surface area (Å²) in [5.41, 5.74) is 5.78. The standard InChI is InChI=1S/CH3N3O2.H3N/c2-1(5)3-4-6;/h(H3,2,3,5,6);1H3. The molecule has 0 aliphatic carbocycles. The number of carbonyl (C=O) groups excluding carboxylic acids is 1. The number of rotatable bonds is 1. The van der Waals surface area contributed by atoms with Crippen LogP contribution in [0.5, 0.6) is 0 Å². The van der Waals surface area contributed by atoms with Crippen LogP contribution in [0.1, 0.15) is 0 Å². The molecule has 0 aromatic heterocycles. The number of primary amides is 1. The Morgan fingerprint density at radius 1 is 1.71 bits per heavy atom. The number of nitrogens with two attached hydrogens (primary N) is 1. The molecule has 0 aliphatic rings. The molecule has 0 heterocycles. The summed E-state index contributed by atoms with van der Waals surface area (Å²) in [5, 5.41) is 1.96. The first-order valence-electron chi connectivity index (χ1n) is 1.15. The lowest BCUT2D eigenvalue weighted by Crippen LogP contribution is -2.23. The zero-order chi connectivity index (χ0) is 4.99. The third-order valence-electron chi connectivity index (χ3n) is 0.156. The van der Waals surface area contributed by atoms with Crippen LogP contribution in [0.2, 0.25) is 0 Å². The Morgan fingerprint density at radius 2 is 2.14 bits per heavy atom. The molecule has 0 aromatic rings. The van der Waals surface area contributed by atoms with Crippen molar-refractivity contribution in [3.05, 3.63) is 4.91 Å². The second-order valence-corrected chi connectivity index (χ2v) is 0.567. The summed E-state index contributed by atoms with van der Waals surface area (Å²) < 4.78 is 0. The minimum atomic E-state index is -0.940. The van der Waals surface area contributed by atoms with E-state index in [1.807, 2.05) is 5.29 Å². The molecular formula is CH6N4O2. The summed E-state index contributed by atoms with van der Waals surface area (Å²) in [6.07, 6.45) is 0. The SMILES string of the molecule is N.NC(=O)NN=O. The summed E-state index contributed by atoms with van der Waals surface area (Å²) in [5.74, 6) is 0. The molecule has 0 saturated heterocycles. The minimum absolute atomic E-state index is 0. The van der Waals surface area contributed by atoms with Crippen LogP contribution < -0.4 is 17.3 Å². The highest BCUT2D eigenvalue weighted by molar-refractivity contribution is 5.70. The maximum absolute atomic E-state index is 9.42. The van der Waals surface area contributed by atoms with Gasteiger partial charge in [0.1, 0.15) is 0 Å². The molecule has 0 spiro atoms. The first-order chi connectivity index (χ1) is 2.77. The molecule has 42 valence electrons. The topological polar surface area (TPSA) is 120 Å². The van der Waals surface area contributed by atoms with Gasteiger partial charge in [-0.3, -0.25) is 0 Å². The van der Waals surface area contributed by atoms with Crippen molar-refractivity contribution in [2.75, 3.05) is 0 Å². The molecule has 6 heteroatoms. The van der Waals surface area contributed by atoms with Crippen LogP contribution in [0, 0.1) is 4.91 Å². The number of nitroso groups, excluding NO2 is 1. The van der Waals surface area contributed by atoms with Crippen LogP contribution in [0.3, 0.4) is 0 Å². The van der Waals surface area contributed by atoms with Crippen LogP contribution in [-0.2, 0) is 0 Å². The van der Waals surface area contributed by atoms with Gasteiger partial charge in [-0.1, -0.05) is 0 Å². The lowest BCUT2D eigenvalue weighted by molar-refractivity contribution is 0.249. The van der Waals surface area contributed by atoms with Crippen LogP contribution in [0.15, 0.2) is 5.29 Å². The molecule has 0 unspecified atom stereocenters. The van der Waals surface area contributed by atoms with Crippen LogP contribution in [-0.4, -0.2) is 6.03 Å². The fourth-order valence-corrected chi connectivity index (χ4v) is 0.0450. The van der Waals surface area contributed by atoms with Gasteiger partial charge in [0, 0.05) is 0 Å². The van der Waals surface area contributed by atoms with Gasteiger partial charge in [-0.05, 0) is 0 Å². The van der Waals surface area contributed by atoms with Gasteiger partial charge in [0.15, 0.2) is 0 Å². The van der Waals surface area contributed by atoms with Crippen molar-refractivity contribution in [1.29, 1.82) is 0 Å². The largest absolute Gasteiger partial charge is 0.350 e. The van der Waals surface area contributed by atoms with Gasteiger partial charge in [0.2, 0.25) is 0 Å².